The van der Waals surface area contributed by atoms with Crippen LogP contribution in [-0.4, -0.2) is 45.6 Å². The van der Waals surface area contributed by atoms with E-state index in [4.69, 9.17) is 5.11 Å². The standard InChI is InChI=1S/C10H19NO2S/c1-10(2,3)11(6-9(12)13)8-4-5-14-7-8/h8H,4-7H2,1-3H3,(H,12,13). The number of thioether (sulfide) groups is 1. The summed E-state index contributed by atoms with van der Waals surface area (Å²) in [6, 6.07) is 0.441. The molecule has 1 atom stereocenters. The number of carboxylic acid groups (broad SMARTS) is 1. The molecule has 0 aromatic rings. The molecule has 0 bridgehead atoms. The van der Waals surface area contributed by atoms with Gasteiger partial charge in [0.15, 0.2) is 0 Å². The van der Waals surface area contributed by atoms with Crippen LogP contribution in [0.25, 0.3) is 0 Å². The Bertz CT molecular complexity index is 207. The lowest BCUT2D eigenvalue weighted by Crippen LogP contribution is -2.50. The molecular weight excluding hydrogens is 198 g/mol. The summed E-state index contributed by atoms with van der Waals surface area (Å²) < 4.78 is 0. The Morgan fingerprint density at radius 3 is 2.57 bits per heavy atom. The number of rotatable bonds is 3. The number of carbonyl (C=O) groups is 1. The maximum absolute atomic E-state index is 10.8. The van der Waals surface area contributed by atoms with Crippen LogP contribution in [0.15, 0.2) is 0 Å². The monoisotopic (exact) mass is 217 g/mol. The molecule has 0 spiro atoms. The van der Waals surface area contributed by atoms with Gasteiger partial charge in [-0.1, -0.05) is 0 Å². The number of nitrogens with zero attached hydrogens (tertiary/aromatic N) is 1. The average Bonchev–Trinajstić information content (AvgIpc) is 2.49. The van der Waals surface area contributed by atoms with Crippen molar-refractivity contribution in [1.29, 1.82) is 0 Å². The zero-order valence-corrected chi connectivity index (χ0v) is 9.93. The number of aliphatic carboxylic acids is 1. The summed E-state index contributed by atoms with van der Waals surface area (Å²) >= 11 is 1.92. The molecular formula is C10H19NO2S. The van der Waals surface area contributed by atoms with Crippen LogP contribution >= 0.6 is 11.8 Å². The highest BCUT2D eigenvalue weighted by molar-refractivity contribution is 7.99. The first-order valence-electron chi connectivity index (χ1n) is 4.97. The summed E-state index contributed by atoms with van der Waals surface area (Å²) in [5, 5.41) is 8.86. The van der Waals surface area contributed by atoms with Crippen molar-refractivity contribution in [2.24, 2.45) is 0 Å². The van der Waals surface area contributed by atoms with Gasteiger partial charge in [0.2, 0.25) is 0 Å². The van der Waals surface area contributed by atoms with Crippen molar-refractivity contribution in [3.8, 4) is 0 Å². The number of hydrogen-bond acceptors (Lipinski definition) is 3. The van der Waals surface area contributed by atoms with Gasteiger partial charge in [0.05, 0.1) is 6.54 Å². The molecule has 0 aliphatic carbocycles. The Labute approximate surface area is 89.9 Å². The molecule has 0 radical (unpaired) electrons. The first-order chi connectivity index (χ1) is 6.41. The van der Waals surface area contributed by atoms with Gasteiger partial charge >= 0.3 is 5.97 Å². The molecule has 1 unspecified atom stereocenters. The molecule has 1 saturated heterocycles. The smallest absolute Gasteiger partial charge is 0.317 e. The first kappa shape index (κ1) is 11.9. The van der Waals surface area contributed by atoms with E-state index in [0.29, 0.717) is 6.04 Å². The molecule has 1 heterocycles. The van der Waals surface area contributed by atoms with E-state index in [1.165, 1.54) is 0 Å². The second-order valence-corrected chi connectivity index (χ2v) is 5.86. The molecule has 82 valence electrons. The molecule has 14 heavy (non-hydrogen) atoms. The molecule has 4 heteroatoms. The average molecular weight is 217 g/mol. The largest absolute Gasteiger partial charge is 0.480 e. The summed E-state index contributed by atoms with van der Waals surface area (Å²) in [6.07, 6.45) is 1.12. The SMILES string of the molecule is CC(C)(C)N(CC(=O)O)C1CCSC1. The number of carboxylic acids is 1. The van der Waals surface area contributed by atoms with Gasteiger partial charge in [0, 0.05) is 17.3 Å². The lowest BCUT2D eigenvalue weighted by molar-refractivity contribution is -0.140. The molecule has 0 aromatic carbocycles. The molecule has 0 amide bonds. The first-order valence-corrected chi connectivity index (χ1v) is 6.13. The summed E-state index contributed by atoms with van der Waals surface area (Å²) in [4.78, 5) is 12.9. The van der Waals surface area contributed by atoms with Crippen molar-refractivity contribution in [2.45, 2.75) is 38.8 Å². The van der Waals surface area contributed by atoms with Crippen LogP contribution in [0, 0.1) is 0 Å². The second-order valence-electron chi connectivity index (χ2n) is 4.71. The third-order valence-corrected chi connectivity index (χ3v) is 3.66. The van der Waals surface area contributed by atoms with E-state index >= 15 is 0 Å². The van der Waals surface area contributed by atoms with Crippen LogP contribution in [0.1, 0.15) is 27.2 Å². The van der Waals surface area contributed by atoms with Gasteiger partial charge in [0.25, 0.3) is 0 Å². The minimum Gasteiger partial charge on any atom is -0.480 e. The normalized spacial score (nSPS) is 23.0. The predicted molar refractivity (Wildman–Crippen MR) is 59.8 cm³/mol. The minimum absolute atomic E-state index is 0.0477. The Morgan fingerprint density at radius 1 is 1.57 bits per heavy atom. The van der Waals surface area contributed by atoms with E-state index in [-0.39, 0.29) is 12.1 Å². The minimum atomic E-state index is -0.725. The third-order valence-electron chi connectivity index (χ3n) is 2.51. The van der Waals surface area contributed by atoms with Gasteiger partial charge in [-0.15, -0.1) is 0 Å². The second kappa shape index (κ2) is 4.53. The van der Waals surface area contributed by atoms with Crippen LogP contribution in [0.2, 0.25) is 0 Å². The van der Waals surface area contributed by atoms with Crippen LogP contribution in [0.5, 0.6) is 0 Å². The van der Waals surface area contributed by atoms with Gasteiger partial charge in [0.1, 0.15) is 0 Å². The molecule has 0 aromatic heterocycles. The van der Waals surface area contributed by atoms with Crippen molar-refractivity contribution in [2.75, 3.05) is 18.1 Å². The molecule has 0 saturated carbocycles. The Morgan fingerprint density at radius 2 is 2.21 bits per heavy atom. The van der Waals surface area contributed by atoms with E-state index in [0.717, 1.165) is 17.9 Å². The highest BCUT2D eigenvalue weighted by Gasteiger charge is 2.32. The zero-order chi connectivity index (χ0) is 10.8. The van der Waals surface area contributed by atoms with Crippen molar-refractivity contribution in [3.63, 3.8) is 0 Å². The highest BCUT2D eigenvalue weighted by atomic mass is 32.2. The van der Waals surface area contributed by atoms with Crippen molar-refractivity contribution < 1.29 is 9.90 Å². The fraction of sp³-hybridized carbons (Fsp3) is 0.900. The van der Waals surface area contributed by atoms with Gasteiger partial charge in [-0.3, -0.25) is 9.69 Å². The van der Waals surface area contributed by atoms with E-state index in [1.54, 1.807) is 0 Å². The highest BCUT2D eigenvalue weighted by Crippen LogP contribution is 2.27. The molecule has 1 rings (SSSR count). The van der Waals surface area contributed by atoms with Crippen LogP contribution in [0.3, 0.4) is 0 Å². The zero-order valence-electron chi connectivity index (χ0n) is 9.12. The van der Waals surface area contributed by atoms with E-state index in [1.807, 2.05) is 11.8 Å². The molecule has 1 N–H and O–H groups in total. The van der Waals surface area contributed by atoms with Crippen LogP contribution in [0.4, 0.5) is 0 Å². The van der Waals surface area contributed by atoms with Gasteiger partial charge in [-0.2, -0.15) is 11.8 Å². The van der Waals surface area contributed by atoms with Gasteiger partial charge < -0.3 is 5.11 Å². The van der Waals surface area contributed by atoms with Crippen molar-refractivity contribution >= 4 is 17.7 Å². The van der Waals surface area contributed by atoms with Crippen LogP contribution in [-0.2, 0) is 4.79 Å². The summed E-state index contributed by atoms with van der Waals surface area (Å²) in [7, 11) is 0. The number of hydrogen-bond donors (Lipinski definition) is 1. The molecule has 3 nitrogen and oxygen atoms in total. The fourth-order valence-corrected chi connectivity index (χ4v) is 3.05. The lowest BCUT2D eigenvalue weighted by atomic mass is 10.0. The lowest BCUT2D eigenvalue weighted by Gasteiger charge is -2.38. The van der Waals surface area contributed by atoms with E-state index in [2.05, 4.69) is 25.7 Å². The topological polar surface area (TPSA) is 40.5 Å². The van der Waals surface area contributed by atoms with E-state index < -0.39 is 5.97 Å². The van der Waals surface area contributed by atoms with Gasteiger partial charge in [-0.05, 0) is 32.9 Å². The predicted octanol–water partition coefficient (Wildman–Crippen LogP) is 1.68. The molecule has 1 fully saturated rings. The Hall–Kier alpha value is -0.220. The fourth-order valence-electron chi connectivity index (χ4n) is 1.83. The summed E-state index contributed by atoms with van der Waals surface area (Å²) in [6.45, 7) is 6.41. The van der Waals surface area contributed by atoms with Crippen molar-refractivity contribution in [1.82, 2.24) is 4.90 Å². The summed E-state index contributed by atoms with van der Waals surface area (Å²) in [5.74, 6) is 1.51. The van der Waals surface area contributed by atoms with Crippen LogP contribution < -0.4 is 0 Å². The maximum Gasteiger partial charge on any atom is 0.317 e. The van der Waals surface area contributed by atoms with Crippen molar-refractivity contribution in [3.05, 3.63) is 0 Å². The Balaban J connectivity index is 2.65. The Kier molecular flexibility index (Phi) is 3.84. The third kappa shape index (κ3) is 3.17. The molecule has 1 aliphatic rings. The summed E-state index contributed by atoms with van der Waals surface area (Å²) in [5.41, 5.74) is -0.0477. The van der Waals surface area contributed by atoms with E-state index in [9.17, 15) is 4.79 Å². The molecule has 1 aliphatic heterocycles. The maximum atomic E-state index is 10.8. The quantitative estimate of drug-likeness (QED) is 0.781. The van der Waals surface area contributed by atoms with Gasteiger partial charge in [-0.25, -0.2) is 0 Å².